The van der Waals surface area contributed by atoms with E-state index in [0.29, 0.717) is 22.8 Å². The number of hydrogen-bond donors (Lipinski definition) is 1. The van der Waals surface area contributed by atoms with Crippen LogP contribution in [-0.4, -0.2) is 20.6 Å². The largest absolute Gasteiger partial charge is 0.467 e. The van der Waals surface area contributed by atoms with Crippen LogP contribution in [0, 0.1) is 13.8 Å². The van der Waals surface area contributed by atoms with Gasteiger partial charge in [-0.05, 0) is 37.6 Å². The molecule has 0 bridgehead atoms. The third kappa shape index (κ3) is 3.93. The van der Waals surface area contributed by atoms with Crippen LogP contribution in [0.4, 0.5) is 0 Å². The molecule has 0 saturated heterocycles. The smallest absolute Gasteiger partial charge is 0.264 e. The molecule has 152 valence electrons. The highest BCUT2D eigenvalue weighted by atomic mass is 16.5. The normalized spacial score (nSPS) is 10.9. The minimum atomic E-state index is -0.357. The number of hydrogen-bond acceptors (Lipinski definition) is 6. The van der Waals surface area contributed by atoms with E-state index < -0.39 is 0 Å². The fraction of sp³-hybridized carbons (Fsp3) is 0.182. The molecular formula is C22H20N4O4. The third-order valence-corrected chi connectivity index (χ3v) is 4.72. The van der Waals surface area contributed by atoms with Gasteiger partial charge in [0.2, 0.25) is 11.7 Å². The number of carbonyl (C=O) groups is 1. The average molecular weight is 404 g/mol. The molecule has 1 N–H and O–H groups in total. The van der Waals surface area contributed by atoms with Gasteiger partial charge in [-0.1, -0.05) is 35.5 Å². The number of benzene rings is 1. The first-order chi connectivity index (χ1) is 14.5. The van der Waals surface area contributed by atoms with Gasteiger partial charge in [0.25, 0.3) is 11.4 Å². The fourth-order valence-corrected chi connectivity index (χ4v) is 3.21. The van der Waals surface area contributed by atoms with Crippen molar-refractivity contribution in [1.29, 1.82) is 0 Å². The van der Waals surface area contributed by atoms with Gasteiger partial charge in [0, 0.05) is 11.3 Å². The Morgan fingerprint density at radius 2 is 1.93 bits per heavy atom. The molecule has 3 heterocycles. The topological polar surface area (TPSA) is 103 Å². The summed E-state index contributed by atoms with van der Waals surface area (Å²) in [5.74, 6) is 0.854. The SMILES string of the molecule is Cc1cc(C)n(CC(=O)NCc2ccco2)c(=O)c1-c1nc(-c2ccccc2)no1. The number of pyridine rings is 1. The summed E-state index contributed by atoms with van der Waals surface area (Å²) in [6.07, 6.45) is 1.54. The number of amides is 1. The second-order valence-corrected chi connectivity index (χ2v) is 6.88. The first kappa shape index (κ1) is 19.4. The van der Waals surface area contributed by atoms with Crippen molar-refractivity contribution in [2.24, 2.45) is 0 Å². The van der Waals surface area contributed by atoms with Crippen LogP contribution in [0.25, 0.3) is 22.8 Å². The number of carbonyl (C=O) groups excluding carboxylic acids is 1. The van der Waals surface area contributed by atoms with E-state index in [-0.39, 0.29) is 36.0 Å². The van der Waals surface area contributed by atoms with Crippen molar-refractivity contribution in [2.45, 2.75) is 26.9 Å². The van der Waals surface area contributed by atoms with Crippen LogP contribution in [0.5, 0.6) is 0 Å². The van der Waals surface area contributed by atoms with E-state index in [1.165, 1.54) is 10.8 Å². The van der Waals surface area contributed by atoms with E-state index in [9.17, 15) is 9.59 Å². The Balaban J connectivity index is 1.61. The summed E-state index contributed by atoms with van der Waals surface area (Å²) in [6, 6.07) is 14.7. The summed E-state index contributed by atoms with van der Waals surface area (Å²) in [5.41, 5.74) is 2.08. The molecule has 1 amide bonds. The first-order valence-corrected chi connectivity index (χ1v) is 9.42. The van der Waals surface area contributed by atoms with Gasteiger partial charge in [0.15, 0.2) is 0 Å². The van der Waals surface area contributed by atoms with Crippen LogP contribution in [0.15, 0.2) is 68.5 Å². The summed E-state index contributed by atoms with van der Waals surface area (Å²) in [5, 5.41) is 6.74. The Morgan fingerprint density at radius 1 is 1.13 bits per heavy atom. The molecule has 0 spiro atoms. The molecule has 0 aliphatic rings. The number of nitrogens with zero attached hydrogens (tertiary/aromatic N) is 3. The van der Waals surface area contributed by atoms with Crippen molar-refractivity contribution >= 4 is 5.91 Å². The minimum Gasteiger partial charge on any atom is -0.467 e. The van der Waals surface area contributed by atoms with Crippen molar-refractivity contribution in [3.05, 3.63) is 82.2 Å². The van der Waals surface area contributed by atoms with Crippen LogP contribution in [0.2, 0.25) is 0 Å². The van der Waals surface area contributed by atoms with Crippen molar-refractivity contribution < 1.29 is 13.7 Å². The van der Waals surface area contributed by atoms with Crippen LogP contribution >= 0.6 is 0 Å². The molecule has 0 atom stereocenters. The monoisotopic (exact) mass is 404 g/mol. The zero-order valence-corrected chi connectivity index (χ0v) is 16.6. The van der Waals surface area contributed by atoms with Crippen molar-refractivity contribution in [3.63, 3.8) is 0 Å². The number of rotatable bonds is 6. The summed E-state index contributed by atoms with van der Waals surface area (Å²) < 4.78 is 12.0. The maximum Gasteiger partial charge on any atom is 0.264 e. The van der Waals surface area contributed by atoms with E-state index in [2.05, 4.69) is 15.5 Å². The second kappa shape index (κ2) is 8.20. The van der Waals surface area contributed by atoms with Gasteiger partial charge in [0.05, 0.1) is 12.8 Å². The van der Waals surface area contributed by atoms with Crippen LogP contribution in [-0.2, 0) is 17.9 Å². The standard InChI is InChI=1S/C22H20N4O4/c1-14-11-15(2)26(13-18(27)23-12-17-9-6-10-29-17)22(28)19(14)21-24-20(25-30-21)16-7-4-3-5-8-16/h3-11H,12-13H2,1-2H3,(H,23,27). The molecule has 8 heteroatoms. The molecule has 8 nitrogen and oxygen atoms in total. The predicted molar refractivity (Wildman–Crippen MR) is 109 cm³/mol. The van der Waals surface area contributed by atoms with E-state index in [1.54, 1.807) is 26.0 Å². The minimum absolute atomic E-state index is 0.126. The van der Waals surface area contributed by atoms with Crippen LogP contribution in [0.1, 0.15) is 17.0 Å². The Labute approximate surface area is 172 Å². The van der Waals surface area contributed by atoms with Crippen molar-refractivity contribution in [2.75, 3.05) is 0 Å². The van der Waals surface area contributed by atoms with Crippen LogP contribution in [0.3, 0.4) is 0 Å². The van der Waals surface area contributed by atoms with Gasteiger partial charge in [-0.3, -0.25) is 9.59 Å². The van der Waals surface area contributed by atoms with E-state index in [1.807, 2.05) is 36.4 Å². The van der Waals surface area contributed by atoms with Gasteiger partial charge < -0.3 is 18.8 Å². The van der Waals surface area contributed by atoms with Gasteiger partial charge in [0.1, 0.15) is 17.9 Å². The number of aryl methyl sites for hydroxylation is 2. The molecule has 0 unspecified atom stereocenters. The molecule has 30 heavy (non-hydrogen) atoms. The second-order valence-electron chi connectivity index (χ2n) is 6.88. The maximum atomic E-state index is 13.2. The molecule has 4 aromatic rings. The zero-order valence-electron chi connectivity index (χ0n) is 16.6. The van der Waals surface area contributed by atoms with Gasteiger partial charge in [-0.25, -0.2) is 0 Å². The van der Waals surface area contributed by atoms with Gasteiger partial charge in [-0.15, -0.1) is 0 Å². The van der Waals surface area contributed by atoms with Crippen LogP contribution < -0.4 is 10.9 Å². The third-order valence-electron chi connectivity index (χ3n) is 4.72. The van der Waals surface area contributed by atoms with Gasteiger partial charge in [-0.2, -0.15) is 4.98 Å². The van der Waals surface area contributed by atoms with E-state index in [0.717, 1.165) is 5.56 Å². The lowest BCUT2D eigenvalue weighted by atomic mass is 10.1. The lowest BCUT2D eigenvalue weighted by Crippen LogP contribution is -2.34. The Bertz CT molecular complexity index is 1220. The number of furan rings is 1. The molecule has 0 radical (unpaired) electrons. The highest BCUT2D eigenvalue weighted by molar-refractivity contribution is 5.76. The maximum absolute atomic E-state index is 13.2. The average Bonchev–Trinajstić information content (AvgIpc) is 3.42. The highest BCUT2D eigenvalue weighted by Gasteiger charge is 2.20. The molecular weight excluding hydrogens is 384 g/mol. The molecule has 0 aliphatic carbocycles. The summed E-state index contributed by atoms with van der Waals surface area (Å²) in [6.45, 7) is 3.71. The summed E-state index contributed by atoms with van der Waals surface area (Å²) in [7, 11) is 0. The highest BCUT2D eigenvalue weighted by Crippen LogP contribution is 2.22. The Morgan fingerprint density at radius 3 is 2.67 bits per heavy atom. The molecule has 0 aliphatic heterocycles. The summed E-state index contributed by atoms with van der Waals surface area (Å²) in [4.78, 5) is 29.9. The molecule has 3 aromatic heterocycles. The quantitative estimate of drug-likeness (QED) is 0.530. The summed E-state index contributed by atoms with van der Waals surface area (Å²) >= 11 is 0. The number of nitrogens with one attached hydrogen (secondary N) is 1. The molecule has 0 fully saturated rings. The van der Waals surface area contributed by atoms with Crippen molar-refractivity contribution in [1.82, 2.24) is 20.0 Å². The molecule has 1 aromatic carbocycles. The molecule has 0 saturated carbocycles. The van der Waals surface area contributed by atoms with Gasteiger partial charge >= 0.3 is 0 Å². The van der Waals surface area contributed by atoms with E-state index >= 15 is 0 Å². The Hall–Kier alpha value is -3.94. The first-order valence-electron chi connectivity index (χ1n) is 9.42. The van der Waals surface area contributed by atoms with Crippen molar-refractivity contribution in [3.8, 4) is 22.8 Å². The number of aromatic nitrogens is 3. The van der Waals surface area contributed by atoms with E-state index in [4.69, 9.17) is 8.94 Å². The lowest BCUT2D eigenvalue weighted by Gasteiger charge is -2.12. The zero-order chi connectivity index (χ0) is 21.1. The molecule has 4 rings (SSSR count). The lowest BCUT2D eigenvalue weighted by molar-refractivity contribution is -0.122. The fourth-order valence-electron chi connectivity index (χ4n) is 3.21. The Kier molecular flexibility index (Phi) is 5.30. The predicted octanol–water partition coefficient (Wildman–Crippen LogP) is 3.09.